The van der Waals surface area contributed by atoms with Gasteiger partial charge < -0.3 is 10.1 Å². The van der Waals surface area contributed by atoms with Crippen LogP contribution in [-0.4, -0.2) is 26.8 Å². The van der Waals surface area contributed by atoms with E-state index in [2.05, 4.69) is 10.0 Å². The number of amides is 1. The van der Waals surface area contributed by atoms with Gasteiger partial charge in [-0.3, -0.25) is 9.59 Å². The van der Waals surface area contributed by atoms with Crippen molar-refractivity contribution in [2.45, 2.75) is 18.4 Å². The Kier molecular flexibility index (Phi) is 6.65. The molecule has 0 aromatic heterocycles. The molecule has 9 heteroatoms. The lowest BCUT2D eigenvalue weighted by Gasteiger charge is -2.08. The minimum atomic E-state index is -3.90. The van der Waals surface area contributed by atoms with E-state index in [-0.39, 0.29) is 17.4 Å². The average Bonchev–Trinajstić information content (AvgIpc) is 2.65. The number of carbonyl (C=O) groups is 2. The number of hydrogen-bond acceptors (Lipinski definition) is 6. The van der Waals surface area contributed by atoms with Crippen LogP contribution in [0, 0.1) is 11.3 Å². The monoisotopic (exact) mass is 387 g/mol. The van der Waals surface area contributed by atoms with Crippen molar-refractivity contribution in [3.63, 3.8) is 0 Å². The lowest BCUT2D eigenvalue weighted by atomic mass is 10.1. The minimum absolute atomic E-state index is 0.0499. The van der Waals surface area contributed by atoms with Crippen molar-refractivity contribution in [2.24, 2.45) is 0 Å². The van der Waals surface area contributed by atoms with Gasteiger partial charge in [0.2, 0.25) is 15.9 Å². The van der Waals surface area contributed by atoms with Crippen molar-refractivity contribution in [3.8, 4) is 6.07 Å². The molecule has 0 saturated carbocycles. The van der Waals surface area contributed by atoms with E-state index in [1.807, 2.05) is 6.07 Å². The third kappa shape index (κ3) is 6.22. The summed E-state index contributed by atoms with van der Waals surface area (Å²) in [5.74, 6) is -1.03. The second-order valence-electron chi connectivity index (χ2n) is 5.50. The molecule has 140 valence electrons. The Morgan fingerprint density at radius 3 is 2.48 bits per heavy atom. The van der Waals surface area contributed by atoms with Gasteiger partial charge in [0.1, 0.15) is 13.2 Å². The fraction of sp³-hybridized carbons (Fsp3) is 0.167. The Morgan fingerprint density at radius 2 is 1.85 bits per heavy atom. The first kappa shape index (κ1) is 20.1. The van der Waals surface area contributed by atoms with E-state index in [4.69, 9.17) is 10.00 Å². The molecular formula is C18H17N3O5S. The number of nitrogens with one attached hydrogen (secondary N) is 2. The number of hydrogen-bond donors (Lipinski definition) is 2. The van der Waals surface area contributed by atoms with Crippen LogP contribution in [0.1, 0.15) is 18.1 Å². The summed E-state index contributed by atoms with van der Waals surface area (Å²) in [7, 11) is -3.90. The first-order chi connectivity index (χ1) is 12.8. The Labute approximate surface area is 156 Å². The summed E-state index contributed by atoms with van der Waals surface area (Å²) in [6.07, 6.45) is 0. The third-order valence-corrected chi connectivity index (χ3v) is 4.76. The zero-order chi connectivity index (χ0) is 19.9. The number of esters is 1. The normalized spacial score (nSPS) is 10.7. The molecule has 2 aromatic rings. The molecule has 0 aliphatic carbocycles. The van der Waals surface area contributed by atoms with Gasteiger partial charge in [0.05, 0.1) is 16.5 Å². The number of nitriles is 1. The molecule has 0 unspecified atom stereocenters. The molecule has 0 radical (unpaired) electrons. The van der Waals surface area contributed by atoms with Crippen molar-refractivity contribution in [1.82, 2.24) is 4.72 Å². The number of ether oxygens (including phenoxy) is 1. The van der Waals surface area contributed by atoms with Crippen LogP contribution < -0.4 is 10.0 Å². The molecule has 1 amide bonds. The number of benzene rings is 2. The molecule has 0 spiro atoms. The summed E-state index contributed by atoms with van der Waals surface area (Å²) in [5.41, 5.74) is 1.52. The zero-order valence-corrected chi connectivity index (χ0v) is 15.2. The zero-order valence-electron chi connectivity index (χ0n) is 14.4. The Morgan fingerprint density at radius 1 is 1.15 bits per heavy atom. The van der Waals surface area contributed by atoms with Gasteiger partial charge in [0, 0.05) is 12.6 Å². The highest BCUT2D eigenvalue weighted by molar-refractivity contribution is 7.89. The molecule has 0 atom stereocenters. The highest BCUT2D eigenvalue weighted by Gasteiger charge is 2.16. The molecule has 0 saturated heterocycles. The van der Waals surface area contributed by atoms with E-state index < -0.39 is 22.5 Å². The first-order valence-electron chi connectivity index (χ1n) is 7.82. The number of anilines is 1. The van der Waals surface area contributed by atoms with Gasteiger partial charge in [0.25, 0.3) is 0 Å². The van der Waals surface area contributed by atoms with E-state index in [1.165, 1.54) is 31.2 Å². The van der Waals surface area contributed by atoms with Crippen molar-refractivity contribution in [2.75, 3.05) is 11.9 Å². The SMILES string of the molecule is CC(=O)Nc1ccc(S(=O)(=O)NCC(=O)OCc2cccc(C#N)c2)cc1. The van der Waals surface area contributed by atoms with E-state index in [0.29, 0.717) is 16.8 Å². The molecular weight excluding hydrogens is 370 g/mol. The van der Waals surface area contributed by atoms with Gasteiger partial charge in [0.15, 0.2) is 0 Å². The van der Waals surface area contributed by atoms with Gasteiger partial charge in [-0.2, -0.15) is 9.98 Å². The quantitative estimate of drug-likeness (QED) is 0.694. The predicted octanol–water partition coefficient (Wildman–Crippen LogP) is 1.54. The summed E-state index contributed by atoms with van der Waals surface area (Å²) in [6.45, 7) is 0.740. The van der Waals surface area contributed by atoms with E-state index in [9.17, 15) is 18.0 Å². The minimum Gasteiger partial charge on any atom is -0.460 e. The Bertz CT molecular complexity index is 979. The molecule has 8 nitrogen and oxygen atoms in total. The smallest absolute Gasteiger partial charge is 0.321 e. The lowest BCUT2D eigenvalue weighted by Crippen LogP contribution is -2.30. The maximum Gasteiger partial charge on any atom is 0.321 e. The topological polar surface area (TPSA) is 125 Å². The predicted molar refractivity (Wildman–Crippen MR) is 96.9 cm³/mol. The summed E-state index contributed by atoms with van der Waals surface area (Å²) in [4.78, 5) is 22.7. The first-order valence-corrected chi connectivity index (χ1v) is 9.30. The van der Waals surface area contributed by atoms with Crippen LogP contribution in [0.25, 0.3) is 0 Å². The van der Waals surface area contributed by atoms with Crippen molar-refractivity contribution >= 4 is 27.6 Å². The fourth-order valence-corrected chi connectivity index (χ4v) is 3.07. The van der Waals surface area contributed by atoms with Crippen molar-refractivity contribution < 1.29 is 22.7 Å². The highest BCUT2D eigenvalue weighted by atomic mass is 32.2. The molecule has 2 N–H and O–H groups in total. The van der Waals surface area contributed by atoms with Crippen LogP contribution in [0.5, 0.6) is 0 Å². The number of nitrogens with zero attached hydrogens (tertiary/aromatic N) is 1. The maximum absolute atomic E-state index is 12.2. The summed E-state index contributed by atoms with van der Waals surface area (Å²) >= 11 is 0. The largest absolute Gasteiger partial charge is 0.460 e. The van der Waals surface area contributed by atoms with Gasteiger partial charge in [-0.25, -0.2) is 8.42 Å². The maximum atomic E-state index is 12.2. The molecule has 0 aliphatic heterocycles. The second-order valence-corrected chi connectivity index (χ2v) is 7.27. The fourth-order valence-electron chi connectivity index (χ4n) is 2.10. The molecule has 27 heavy (non-hydrogen) atoms. The Hall–Kier alpha value is -3.22. The number of sulfonamides is 1. The van der Waals surface area contributed by atoms with Crippen LogP contribution in [-0.2, 0) is 31.0 Å². The van der Waals surface area contributed by atoms with Crippen LogP contribution in [0.3, 0.4) is 0 Å². The Balaban J connectivity index is 1.89. The van der Waals surface area contributed by atoms with E-state index in [1.54, 1.807) is 24.3 Å². The molecule has 2 aromatic carbocycles. The summed E-state index contributed by atoms with van der Waals surface area (Å²) < 4.78 is 31.5. The van der Waals surface area contributed by atoms with Gasteiger partial charge in [-0.05, 0) is 42.0 Å². The molecule has 2 rings (SSSR count). The molecule has 0 heterocycles. The molecule has 0 aliphatic rings. The lowest BCUT2D eigenvalue weighted by molar-refractivity contribution is -0.143. The van der Waals surface area contributed by atoms with Crippen molar-refractivity contribution in [1.29, 1.82) is 5.26 Å². The van der Waals surface area contributed by atoms with Crippen LogP contribution >= 0.6 is 0 Å². The second kappa shape index (κ2) is 8.93. The van der Waals surface area contributed by atoms with E-state index >= 15 is 0 Å². The number of carbonyl (C=O) groups excluding carboxylic acids is 2. The number of rotatable bonds is 7. The van der Waals surface area contributed by atoms with Crippen LogP contribution in [0.15, 0.2) is 53.4 Å². The van der Waals surface area contributed by atoms with Crippen LogP contribution in [0.4, 0.5) is 5.69 Å². The summed E-state index contributed by atoms with van der Waals surface area (Å²) in [5, 5.41) is 11.4. The molecule has 0 bridgehead atoms. The summed E-state index contributed by atoms with van der Waals surface area (Å²) in [6, 6.07) is 14.0. The van der Waals surface area contributed by atoms with Crippen molar-refractivity contribution in [3.05, 3.63) is 59.7 Å². The third-order valence-electron chi connectivity index (χ3n) is 3.35. The van der Waals surface area contributed by atoms with Gasteiger partial charge in [-0.15, -0.1) is 0 Å². The van der Waals surface area contributed by atoms with Crippen LogP contribution in [0.2, 0.25) is 0 Å². The van der Waals surface area contributed by atoms with Gasteiger partial charge in [-0.1, -0.05) is 12.1 Å². The van der Waals surface area contributed by atoms with Gasteiger partial charge >= 0.3 is 5.97 Å². The standard InChI is InChI=1S/C18H17N3O5S/c1-13(22)21-16-5-7-17(8-6-16)27(24,25)20-11-18(23)26-12-15-4-2-3-14(9-15)10-19/h2-9,20H,11-12H2,1H3,(H,21,22). The molecule has 0 fully saturated rings. The highest BCUT2D eigenvalue weighted by Crippen LogP contribution is 2.14. The van der Waals surface area contributed by atoms with E-state index in [0.717, 1.165) is 0 Å². The average molecular weight is 387 g/mol.